The van der Waals surface area contributed by atoms with Crippen LogP contribution in [0.25, 0.3) is 0 Å². The van der Waals surface area contributed by atoms with Crippen molar-refractivity contribution < 1.29 is 23.8 Å². The molecule has 0 radical (unpaired) electrons. The average molecular weight is 523 g/mol. The molecule has 3 aromatic carbocycles. The van der Waals surface area contributed by atoms with Gasteiger partial charge in [0.05, 0.1) is 26.0 Å². The number of amides is 1. The van der Waals surface area contributed by atoms with Crippen molar-refractivity contribution in [1.82, 2.24) is 5.01 Å². The lowest BCUT2D eigenvalue weighted by atomic mass is 9.98. The summed E-state index contributed by atoms with van der Waals surface area (Å²) in [5.74, 6) is 1.32. The number of ether oxygens (including phenoxy) is 3. The van der Waals surface area contributed by atoms with E-state index in [1.165, 1.54) is 5.01 Å². The number of hydrogen-bond donors (Lipinski definition) is 0. The van der Waals surface area contributed by atoms with Gasteiger partial charge >= 0.3 is 0 Å². The number of hydrazone groups is 1. The number of carbonyl (C=O) groups excluding carboxylic acids is 2. The van der Waals surface area contributed by atoms with Gasteiger partial charge in [-0.1, -0.05) is 46.3 Å². The number of aldehydes is 1. The summed E-state index contributed by atoms with van der Waals surface area (Å²) in [5.41, 5.74) is 3.07. The van der Waals surface area contributed by atoms with Crippen molar-refractivity contribution in [2.75, 3.05) is 20.8 Å². The zero-order valence-electron chi connectivity index (χ0n) is 18.7. The summed E-state index contributed by atoms with van der Waals surface area (Å²) >= 11 is 3.45. The molecular weight excluding hydrogens is 500 g/mol. The number of carbonyl (C=O) groups is 2. The lowest BCUT2D eigenvalue weighted by Crippen LogP contribution is -2.31. The highest BCUT2D eigenvalue weighted by molar-refractivity contribution is 9.10. The van der Waals surface area contributed by atoms with Crippen LogP contribution >= 0.6 is 15.9 Å². The van der Waals surface area contributed by atoms with E-state index in [4.69, 9.17) is 14.2 Å². The zero-order valence-corrected chi connectivity index (χ0v) is 20.3. The van der Waals surface area contributed by atoms with Crippen LogP contribution in [0.15, 0.2) is 76.3 Å². The second kappa shape index (κ2) is 10.5. The van der Waals surface area contributed by atoms with Crippen molar-refractivity contribution >= 4 is 33.8 Å². The van der Waals surface area contributed by atoms with Gasteiger partial charge in [0, 0.05) is 16.5 Å². The molecule has 0 N–H and O–H groups in total. The predicted octanol–water partition coefficient (Wildman–Crippen LogP) is 5.04. The van der Waals surface area contributed by atoms with Crippen LogP contribution in [0.3, 0.4) is 0 Å². The van der Waals surface area contributed by atoms with E-state index < -0.39 is 0 Å². The van der Waals surface area contributed by atoms with Crippen LogP contribution in [-0.4, -0.2) is 43.7 Å². The largest absolute Gasteiger partial charge is 0.493 e. The molecule has 34 heavy (non-hydrogen) atoms. The summed E-state index contributed by atoms with van der Waals surface area (Å²) in [6, 6.07) is 19.7. The maximum Gasteiger partial charge on any atom is 0.281 e. The van der Waals surface area contributed by atoms with E-state index in [2.05, 4.69) is 21.0 Å². The van der Waals surface area contributed by atoms with Crippen molar-refractivity contribution in [3.63, 3.8) is 0 Å². The Morgan fingerprint density at radius 3 is 2.53 bits per heavy atom. The van der Waals surface area contributed by atoms with Crippen LogP contribution in [0.5, 0.6) is 17.2 Å². The molecule has 0 saturated heterocycles. The number of methoxy groups -OCH3 is 2. The lowest BCUT2D eigenvalue weighted by Gasteiger charge is -2.23. The van der Waals surface area contributed by atoms with Gasteiger partial charge in [-0.25, -0.2) is 5.01 Å². The lowest BCUT2D eigenvalue weighted by molar-refractivity contribution is -0.135. The van der Waals surface area contributed by atoms with Gasteiger partial charge in [-0.2, -0.15) is 5.10 Å². The predicted molar refractivity (Wildman–Crippen MR) is 132 cm³/mol. The number of rotatable bonds is 8. The number of hydrogen-bond acceptors (Lipinski definition) is 6. The van der Waals surface area contributed by atoms with Crippen molar-refractivity contribution in [3.05, 3.63) is 87.9 Å². The van der Waals surface area contributed by atoms with Crippen LogP contribution in [0.4, 0.5) is 0 Å². The van der Waals surface area contributed by atoms with Gasteiger partial charge in [0.15, 0.2) is 18.1 Å². The smallest absolute Gasteiger partial charge is 0.281 e. The molecule has 174 valence electrons. The first-order valence-corrected chi connectivity index (χ1v) is 11.4. The van der Waals surface area contributed by atoms with E-state index in [-0.39, 0.29) is 18.6 Å². The topological polar surface area (TPSA) is 77.4 Å². The molecule has 4 rings (SSSR count). The molecule has 0 fully saturated rings. The Balaban J connectivity index is 1.62. The quantitative estimate of drug-likeness (QED) is 0.387. The van der Waals surface area contributed by atoms with E-state index in [9.17, 15) is 9.59 Å². The zero-order chi connectivity index (χ0) is 24.1. The first kappa shape index (κ1) is 23.5. The van der Waals surface area contributed by atoms with E-state index >= 15 is 0 Å². The third-order valence-corrected chi connectivity index (χ3v) is 6.02. The molecule has 1 heterocycles. The average Bonchev–Trinajstić information content (AvgIpc) is 3.33. The van der Waals surface area contributed by atoms with E-state index in [0.29, 0.717) is 29.2 Å². The molecule has 3 aromatic rings. The summed E-state index contributed by atoms with van der Waals surface area (Å²) in [5, 5.41) is 6.13. The molecule has 7 nitrogen and oxygen atoms in total. The highest BCUT2D eigenvalue weighted by atomic mass is 79.9. The summed E-state index contributed by atoms with van der Waals surface area (Å²) in [6.45, 7) is -0.219. The summed E-state index contributed by atoms with van der Waals surface area (Å²) < 4.78 is 17.5. The fraction of sp³-hybridized carbons (Fsp3) is 0.192. The minimum Gasteiger partial charge on any atom is -0.493 e. The first-order chi connectivity index (χ1) is 16.5. The third-order valence-electron chi connectivity index (χ3n) is 5.49. The number of benzene rings is 3. The SMILES string of the molecule is COc1ccc(C2CC(c3ccc(Br)cc3)=NN2C(=O)COc2cccc(C=O)c2)cc1OC. The molecule has 8 heteroatoms. The minimum absolute atomic E-state index is 0.219. The highest BCUT2D eigenvalue weighted by Crippen LogP contribution is 2.37. The standard InChI is InChI=1S/C26H23BrN2O5/c1-32-24-11-8-19(13-25(24)33-2)23-14-22(18-6-9-20(27)10-7-18)28-29(23)26(31)16-34-21-5-3-4-17(12-21)15-30/h3-13,15,23H,14,16H2,1-2H3. The van der Waals surface area contributed by atoms with Gasteiger partial charge in [0.25, 0.3) is 5.91 Å². The summed E-state index contributed by atoms with van der Waals surface area (Å²) in [4.78, 5) is 24.3. The van der Waals surface area contributed by atoms with Crippen LogP contribution in [0.1, 0.15) is 33.9 Å². The monoisotopic (exact) mass is 522 g/mol. The first-order valence-electron chi connectivity index (χ1n) is 10.6. The molecule has 0 saturated carbocycles. The Kier molecular flexibility index (Phi) is 7.27. The van der Waals surface area contributed by atoms with Crippen molar-refractivity contribution in [2.45, 2.75) is 12.5 Å². The molecule has 0 aliphatic carbocycles. The Labute approximate surface area is 206 Å². The Hall–Kier alpha value is -3.65. The van der Waals surface area contributed by atoms with Crippen LogP contribution in [0.2, 0.25) is 0 Å². The maximum absolute atomic E-state index is 13.2. The van der Waals surface area contributed by atoms with Gasteiger partial charge in [0.2, 0.25) is 0 Å². The number of nitrogens with zero attached hydrogens (tertiary/aromatic N) is 2. The Morgan fingerprint density at radius 2 is 1.82 bits per heavy atom. The summed E-state index contributed by atoms with van der Waals surface area (Å²) in [6.07, 6.45) is 1.26. The second-order valence-corrected chi connectivity index (χ2v) is 8.52. The fourth-order valence-electron chi connectivity index (χ4n) is 3.77. The van der Waals surface area contributed by atoms with E-state index in [1.54, 1.807) is 38.5 Å². The molecule has 1 amide bonds. The second-order valence-electron chi connectivity index (χ2n) is 7.61. The van der Waals surface area contributed by atoms with Gasteiger partial charge in [-0.15, -0.1) is 0 Å². The minimum atomic E-state index is -0.337. The molecular formula is C26H23BrN2O5. The third kappa shape index (κ3) is 5.12. The van der Waals surface area contributed by atoms with Crippen LogP contribution in [0, 0.1) is 0 Å². The van der Waals surface area contributed by atoms with Crippen molar-refractivity contribution in [2.24, 2.45) is 5.10 Å². The fourth-order valence-corrected chi connectivity index (χ4v) is 4.03. The normalized spacial score (nSPS) is 15.0. The Morgan fingerprint density at radius 1 is 1.06 bits per heavy atom. The van der Waals surface area contributed by atoms with Crippen LogP contribution < -0.4 is 14.2 Å². The molecule has 1 atom stereocenters. The van der Waals surface area contributed by atoms with E-state index in [0.717, 1.165) is 27.6 Å². The van der Waals surface area contributed by atoms with E-state index in [1.807, 2.05) is 42.5 Å². The van der Waals surface area contributed by atoms with Crippen LogP contribution in [-0.2, 0) is 4.79 Å². The highest BCUT2D eigenvalue weighted by Gasteiger charge is 2.34. The summed E-state index contributed by atoms with van der Waals surface area (Å²) in [7, 11) is 3.15. The van der Waals surface area contributed by atoms with Gasteiger partial charge in [-0.05, 0) is 47.5 Å². The van der Waals surface area contributed by atoms with Gasteiger partial charge < -0.3 is 14.2 Å². The maximum atomic E-state index is 13.2. The molecule has 1 unspecified atom stereocenters. The molecule has 0 bridgehead atoms. The molecule has 1 aliphatic rings. The van der Waals surface area contributed by atoms with Crippen molar-refractivity contribution in [1.29, 1.82) is 0 Å². The molecule has 1 aliphatic heterocycles. The van der Waals surface area contributed by atoms with Gasteiger partial charge in [-0.3, -0.25) is 9.59 Å². The van der Waals surface area contributed by atoms with Crippen molar-refractivity contribution in [3.8, 4) is 17.2 Å². The Bertz CT molecular complexity index is 1230. The molecule has 0 aromatic heterocycles. The number of halogens is 1. The molecule has 0 spiro atoms. The van der Waals surface area contributed by atoms with Gasteiger partial charge in [0.1, 0.15) is 12.0 Å².